The van der Waals surface area contributed by atoms with Crippen LogP contribution in [0.3, 0.4) is 0 Å². The van der Waals surface area contributed by atoms with Gasteiger partial charge in [0.25, 0.3) is 0 Å². The van der Waals surface area contributed by atoms with Crippen molar-refractivity contribution < 1.29 is 9.90 Å². The van der Waals surface area contributed by atoms with Crippen LogP contribution in [0.25, 0.3) is 0 Å². The van der Waals surface area contributed by atoms with Crippen LogP contribution in [0.5, 0.6) is 0 Å². The Kier molecular flexibility index (Phi) is 5.58. The van der Waals surface area contributed by atoms with Crippen molar-refractivity contribution >= 4 is 17.3 Å². The van der Waals surface area contributed by atoms with E-state index in [1.807, 2.05) is 12.4 Å². The van der Waals surface area contributed by atoms with Crippen molar-refractivity contribution in [3.05, 3.63) is 16.1 Å². The number of rotatable bonds is 7. The Morgan fingerprint density at radius 3 is 2.94 bits per heavy atom. The maximum atomic E-state index is 10.8. The highest BCUT2D eigenvalue weighted by molar-refractivity contribution is 7.09. The Hall–Kier alpha value is -0.940. The topological polar surface area (TPSA) is 53.4 Å². The number of aliphatic carboxylic acids is 1. The maximum absolute atomic E-state index is 10.8. The van der Waals surface area contributed by atoms with E-state index in [0.717, 1.165) is 23.5 Å². The van der Waals surface area contributed by atoms with Crippen molar-refractivity contribution in [2.45, 2.75) is 45.7 Å². The largest absolute Gasteiger partial charge is 0.480 e. The molecule has 1 heterocycles. The zero-order valence-electron chi connectivity index (χ0n) is 10.6. The average molecular weight is 256 g/mol. The molecule has 0 saturated carbocycles. The summed E-state index contributed by atoms with van der Waals surface area (Å²) in [4.78, 5) is 17.1. The summed E-state index contributed by atoms with van der Waals surface area (Å²) in [6.07, 6.45) is 3.36. The van der Waals surface area contributed by atoms with Crippen molar-refractivity contribution in [2.24, 2.45) is 0 Å². The van der Waals surface area contributed by atoms with Crippen LogP contribution in [-0.4, -0.2) is 34.0 Å². The molecule has 1 aromatic heterocycles. The van der Waals surface area contributed by atoms with Gasteiger partial charge in [0.2, 0.25) is 0 Å². The van der Waals surface area contributed by atoms with Gasteiger partial charge in [-0.2, -0.15) is 0 Å². The van der Waals surface area contributed by atoms with Gasteiger partial charge in [0.05, 0.1) is 10.7 Å². The standard InChI is InChI=1S/C12H20N2O2S/c1-4-5-6-11-13-10(8-17-11)7-14(3)9(2)12(15)16/h8-9H,4-7H2,1-3H3,(H,15,16). The van der Waals surface area contributed by atoms with Gasteiger partial charge in [-0.1, -0.05) is 13.3 Å². The number of thiazole rings is 1. The molecule has 17 heavy (non-hydrogen) atoms. The second-order valence-corrected chi connectivity index (χ2v) is 5.21. The molecule has 0 amide bonds. The Morgan fingerprint density at radius 1 is 1.65 bits per heavy atom. The van der Waals surface area contributed by atoms with Crippen molar-refractivity contribution in [1.82, 2.24) is 9.88 Å². The van der Waals surface area contributed by atoms with Crippen LogP contribution < -0.4 is 0 Å². The highest BCUT2D eigenvalue weighted by atomic mass is 32.1. The second-order valence-electron chi connectivity index (χ2n) is 4.27. The molecule has 0 spiro atoms. The SMILES string of the molecule is CCCCc1nc(CN(C)C(C)C(=O)O)cs1. The van der Waals surface area contributed by atoms with E-state index in [1.165, 1.54) is 6.42 Å². The number of carboxylic acid groups (broad SMARTS) is 1. The fourth-order valence-corrected chi connectivity index (χ4v) is 2.28. The van der Waals surface area contributed by atoms with Gasteiger partial charge in [0.15, 0.2) is 0 Å². The van der Waals surface area contributed by atoms with Crippen LogP contribution in [0.2, 0.25) is 0 Å². The normalized spacial score (nSPS) is 12.9. The van der Waals surface area contributed by atoms with Crippen LogP contribution in [-0.2, 0) is 17.8 Å². The molecule has 0 aromatic carbocycles. The lowest BCUT2D eigenvalue weighted by Gasteiger charge is -2.19. The minimum atomic E-state index is -0.797. The van der Waals surface area contributed by atoms with Crippen molar-refractivity contribution in [2.75, 3.05) is 7.05 Å². The fourth-order valence-electron chi connectivity index (χ4n) is 1.45. The van der Waals surface area contributed by atoms with Crippen LogP contribution in [0.4, 0.5) is 0 Å². The van der Waals surface area contributed by atoms with E-state index in [4.69, 9.17) is 5.11 Å². The molecule has 1 aromatic rings. The minimum absolute atomic E-state index is 0.476. The number of hydrogen-bond acceptors (Lipinski definition) is 4. The highest BCUT2D eigenvalue weighted by Crippen LogP contribution is 2.14. The van der Waals surface area contributed by atoms with Crippen molar-refractivity contribution in [1.29, 1.82) is 0 Å². The van der Waals surface area contributed by atoms with Crippen LogP contribution in [0.1, 0.15) is 37.4 Å². The fraction of sp³-hybridized carbons (Fsp3) is 0.667. The lowest BCUT2D eigenvalue weighted by atomic mass is 10.2. The third-order valence-corrected chi connectivity index (χ3v) is 3.73. The first-order chi connectivity index (χ1) is 8.04. The third kappa shape index (κ3) is 4.44. The summed E-state index contributed by atoms with van der Waals surface area (Å²) in [6, 6.07) is -0.476. The van der Waals surface area contributed by atoms with E-state index < -0.39 is 12.0 Å². The van der Waals surface area contributed by atoms with Crippen molar-refractivity contribution in [3.8, 4) is 0 Å². The lowest BCUT2D eigenvalue weighted by Crippen LogP contribution is -2.35. The molecule has 0 fully saturated rings. The molecule has 4 nitrogen and oxygen atoms in total. The van der Waals surface area contributed by atoms with Gasteiger partial charge >= 0.3 is 5.97 Å². The molecule has 0 aliphatic rings. The Balaban J connectivity index is 2.51. The van der Waals surface area contributed by atoms with Gasteiger partial charge in [0, 0.05) is 11.9 Å². The predicted octanol–water partition coefficient (Wildman–Crippen LogP) is 2.39. The van der Waals surface area contributed by atoms with Gasteiger partial charge in [-0.3, -0.25) is 9.69 Å². The van der Waals surface area contributed by atoms with Crippen molar-refractivity contribution in [3.63, 3.8) is 0 Å². The maximum Gasteiger partial charge on any atom is 0.320 e. The Labute approximate surface area is 106 Å². The van der Waals surface area contributed by atoms with E-state index in [1.54, 1.807) is 23.2 Å². The molecule has 1 N–H and O–H groups in total. The smallest absolute Gasteiger partial charge is 0.320 e. The molecule has 0 aliphatic heterocycles. The minimum Gasteiger partial charge on any atom is -0.480 e. The molecule has 0 aliphatic carbocycles. The second kappa shape index (κ2) is 6.71. The van der Waals surface area contributed by atoms with Gasteiger partial charge < -0.3 is 5.11 Å². The number of carbonyl (C=O) groups is 1. The van der Waals surface area contributed by atoms with E-state index in [9.17, 15) is 4.79 Å². The number of carboxylic acids is 1. The summed E-state index contributed by atoms with van der Waals surface area (Å²) < 4.78 is 0. The number of nitrogens with zero attached hydrogens (tertiary/aromatic N) is 2. The first kappa shape index (κ1) is 14.1. The first-order valence-electron chi connectivity index (χ1n) is 5.91. The van der Waals surface area contributed by atoms with Gasteiger partial charge in [-0.05, 0) is 26.8 Å². The predicted molar refractivity (Wildman–Crippen MR) is 69.3 cm³/mol. The van der Waals surface area contributed by atoms with Crippen LogP contribution >= 0.6 is 11.3 Å². The van der Waals surface area contributed by atoms with Gasteiger partial charge in [0.1, 0.15) is 6.04 Å². The molecule has 96 valence electrons. The highest BCUT2D eigenvalue weighted by Gasteiger charge is 2.17. The van der Waals surface area contributed by atoms with Gasteiger partial charge in [-0.15, -0.1) is 11.3 Å². The molecule has 0 saturated heterocycles. The Morgan fingerprint density at radius 2 is 2.35 bits per heavy atom. The van der Waals surface area contributed by atoms with E-state index in [-0.39, 0.29) is 0 Å². The van der Waals surface area contributed by atoms with E-state index in [0.29, 0.717) is 6.54 Å². The molecule has 5 heteroatoms. The number of unbranched alkanes of at least 4 members (excludes halogenated alkanes) is 1. The third-order valence-electron chi connectivity index (χ3n) is 2.77. The number of hydrogen-bond donors (Lipinski definition) is 1. The van der Waals surface area contributed by atoms with Crippen LogP contribution in [0, 0.1) is 0 Å². The summed E-state index contributed by atoms with van der Waals surface area (Å²) >= 11 is 1.67. The Bertz CT molecular complexity index is 365. The molecule has 0 bridgehead atoms. The zero-order chi connectivity index (χ0) is 12.8. The first-order valence-corrected chi connectivity index (χ1v) is 6.78. The molecule has 1 unspecified atom stereocenters. The number of aryl methyl sites for hydroxylation is 1. The lowest BCUT2D eigenvalue weighted by molar-refractivity contribution is -0.142. The summed E-state index contributed by atoms with van der Waals surface area (Å²) in [5.41, 5.74) is 0.969. The zero-order valence-corrected chi connectivity index (χ0v) is 11.5. The van der Waals surface area contributed by atoms with Gasteiger partial charge in [-0.25, -0.2) is 4.98 Å². The monoisotopic (exact) mass is 256 g/mol. The van der Waals surface area contributed by atoms with Crippen LogP contribution in [0.15, 0.2) is 5.38 Å². The quantitative estimate of drug-likeness (QED) is 0.814. The molecule has 1 rings (SSSR count). The molecule has 1 atom stereocenters. The summed E-state index contributed by atoms with van der Waals surface area (Å²) in [5.74, 6) is -0.797. The number of likely N-dealkylation sites (N-methyl/N-ethyl adjacent to an activating group) is 1. The molecular formula is C12H20N2O2S. The molecule has 0 radical (unpaired) electrons. The summed E-state index contributed by atoms with van der Waals surface area (Å²) in [7, 11) is 1.81. The van der Waals surface area contributed by atoms with E-state index >= 15 is 0 Å². The van der Waals surface area contributed by atoms with E-state index in [2.05, 4.69) is 11.9 Å². The summed E-state index contributed by atoms with van der Waals surface area (Å²) in [5, 5.41) is 12.1. The summed E-state index contributed by atoms with van der Waals surface area (Å²) in [6.45, 7) is 4.44. The average Bonchev–Trinajstić information content (AvgIpc) is 2.72. The molecular weight excluding hydrogens is 236 g/mol. The number of aromatic nitrogens is 1.